The predicted molar refractivity (Wildman–Crippen MR) is 139 cm³/mol. The van der Waals surface area contributed by atoms with Gasteiger partial charge in [0.15, 0.2) is 11.5 Å². The molecule has 0 aliphatic rings. The first-order chi connectivity index (χ1) is 17.5. The summed E-state index contributed by atoms with van der Waals surface area (Å²) >= 11 is 0. The van der Waals surface area contributed by atoms with Crippen LogP contribution in [0.25, 0.3) is 22.3 Å². The fourth-order valence-corrected chi connectivity index (χ4v) is 3.45. The molecule has 0 aliphatic heterocycles. The van der Waals surface area contributed by atoms with Crippen LogP contribution in [-0.4, -0.2) is 35.6 Å². The summed E-state index contributed by atoms with van der Waals surface area (Å²) in [5.74, 6) is 5.79. The van der Waals surface area contributed by atoms with Gasteiger partial charge in [0.2, 0.25) is 0 Å². The normalized spacial score (nSPS) is 10.2. The maximum atomic E-state index is 10.5. The lowest BCUT2D eigenvalue weighted by atomic mass is 10.1. The first kappa shape index (κ1) is 24.0. The molecule has 5 rings (SSSR count). The Balaban J connectivity index is 0.000000256. The Labute approximate surface area is 208 Å². The molecule has 0 fully saturated rings. The molecule has 0 saturated heterocycles. The minimum absolute atomic E-state index is 0.0162. The SMILES string of the molecule is CCc1nc2cccc(C#Cc3cnn(C)c3)c2nc1-c1ccccc1.NC(=O)c1nccnc1N. The second-order valence-electron chi connectivity index (χ2n) is 7.72. The van der Waals surface area contributed by atoms with Crippen LogP contribution < -0.4 is 11.5 Å². The van der Waals surface area contributed by atoms with Gasteiger partial charge in [-0.3, -0.25) is 9.48 Å². The lowest BCUT2D eigenvalue weighted by Crippen LogP contribution is -2.16. The number of amides is 1. The first-order valence-electron chi connectivity index (χ1n) is 11.2. The molecule has 3 heterocycles. The van der Waals surface area contributed by atoms with Gasteiger partial charge >= 0.3 is 0 Å². The zero-order chi connectivity index (χ0) is 25.5. The third kappa shape index (κ3) is 5.51. The minimum Gasteiger partial charge on any atom is -0.382 e. The Morgan fingerprint density at radius 3 is 2.42 bits per heavy atom. The van der Waals surface area contributed by atoms with Crippen molar-refractivity contribution in [3.63, 3.8) is 0 Å². The van der Waals surface area contributed by atoms with E-state index in [0.717, 1.165) is 45.5 Å². The molecule has 0 radical (unpaired) electrons. The van der Waals surface area contributed by atoms with E-state index in [2.05, 4.69) is 46.0 Å². The summed E-state index contributed by atoms with van der Waals surface area (Å²) < 4.78 is 1.74. The van der Waals surface area contributed by atoms with E-state index >= 15 is 0 Å². The lowest BCUT2D eigenvalue weighted by Gasteiger charge is -2.09. The maximum absolute atomic E-state index is 10.5. The molecule has 2 aromatic carbocycles. The Bertz CT molecular complexity index is 1580. The summed E-state index contributed by atoms with van der Waals surface area (Å²) in [5.41, 5.74) is 16.6. The van der Waals surface area contributed by atoms with Gasteiger partial charge in [0.25, 0.3) is 5.91 Å². The number of nitrogens with zero attached hydrogens (tertiary/aromatic N) is 6. The fraction of sp³-hybridized carbons (Fsp3) is 0.111. The van der Waals surface area contributed by atoms with Gasteiger partial charge in [-0.25, -0.2) is 19.9 Å². The van der Waals surface area contributed by atoms with Crippen molar-refractivity contribution in [2.24, 2.45) is 12.8 Å². The van der Waals surface area contributed by atoms with Gasteiger partial charge in [0.1, 0.15) is 5.52 Å². The molecular formula is C27H24N8O. The molecular weight excluding hydrogens is 452 g/mol. The van der Waals surface area contributed by atoms with E-state index in [1.54, 1.807) is 10.9 Å². The number of primary amides is 1. The standard InChI is InChI=1S/C22H18N4.C5H6N4O/c1-3-19-21(17-8-5-4-6-9-17)25-22-18(10-7-11-20(22)24-19)13-12-16-14-23-26(2)15-16;6-4-3(5(7)10)8-1-2-9-4/h4-11,14-15H,3H2,1-2H3;1-2H,(H2,6,9)(H2,7,10). The Morgan fingerprint density at radius 1 is 1.00 bits per heavy atom. The average Bonchev–Trinajstić information content (AvgIpc) is 3.32. The monoisotopic (exact) mass is 476 g/mol. The van der Waals surface area contributed by atoms with Crippen molar-refractivity contribution in [2.45, 2.75) is 13.3 Å². The molecule has 0 bridgehead atoms. The highest BCUT2D eigenvalue weighted by Crippen LogP contribution is 2.25. The van der Waals surface area contributed by atoms with Crippen molar-refractivity contribution in [3.8, 4) is 23.1 Å². The van der Waals surface area contributed by atoms with Gasteiger partial charge in [-0.2, -0.15) is 5.10 Å². The molecule has 0 spiro atoms. The minimum atomic E-state index is -0.661. The molecule has 36 heavy (non-hydrogen) atoms. The third-order valence-electron chi connectivity index (χ3n) is 5.16. The number of aryl methyl sites for hydroxylation is 2. The van der Waals surface area contributed by atoms with Crippen molar-refractivity contribution < 1.29 is 4.79 Å². The van der Waals surface area contributed by atoms with Crippen molar-refractivity contribution in [1.82, 2.24) is 29.7 Å². The highest BCUT2D eigenvalue weighted by Gasteiger charge is 2.11. The average molecular weight is 477 g/mol. The molecule has 4 N–H and O–H groups in total. The number of nitrogens with two attached hydrogens (primary N) is 2. The van der Waals surface area contributed by atoms with Crippen LogP contribution in [0.3, 0.4) is 0 Å². The van der Waals surface area contributed by atoms with Crippen molar-refractivity contribution in [1.29, 1.82) is 0 Å². The van der Waals surface area contributed by atoms with Gasteiger partial charge in [-0.05, 0) is 18.6 Å². The summed E-state index contributed by atoms with van der Waals surface area (Å²) in [6.07, 6.45) is 7.24. The van der Waals surface area contributed by atoms with Crippen LogP contribution in [-0.2, 0) is 13.5 Å². The number of fused-ring (bicyclic) bond motifs is 1. The second kappa shape index (κ2) is 10.9. The van der Waals surface area contributed by atoms with Crippen LogP contribution in [0.15, 0.2) is 73.3 Å². The van der Waals surface area contributed by atoms with Gasteiger partial charge in [-0.1, -0.05) is 55.2 Å². The third-order valence-corrected chi connectivity index (χ3v) is 5.16. The molecule has 3 aromatic heterocycles. The zero-order valence-corrected chi connectivity index (χ0v) is 19.9. The molecule has 0 saturated carbocycles. The molecule has 9 heteroatoms. The fourth-order valence-electron chi connectivity index (χ4n) is 3.45. The summed E-state index contributed by atoms with van der Waals surface area (Å²) in [5, 5.41) is 4.15. The number of nitrogen functional groups attached to an aromatic ring is 1. The smallest absolute Gasteiger partial charge is 0.271 e. The molecule has 178 valence electrons. The van der Waals surface area contributed by atoms with E-state index in [0.29, 0.717) is 0 Å². The largest absolute Gasteiger partial charge is 0.382 e. The van der Waals surface area contributed by atoms with Crippen LogP contribution >= 0.6 is 0 Å². The van der Waals surface area contributed by atoms with E-state index in [1.165, 1.54) is 12.4 Å². The number of anilines is 1. The summed E-state index contributed by atoms with van der Waals surface area (Å²) in [6, 6.07) is 16.1. The number of carbonyl (C=O) groups excluding carboxylic acids is 1. The van der Waals surface area contributed by atoms with Gasteiger partial charge in [0.05, 0.1) is 34.2 Å². The number of carbonyl (C=O) groups is 1. The number of hydrogen-bond donors (Lipinski definition) is 2. The molecule has 0 atom stereocenters. The van der Waals surface area contributed by atoms with E-state index in [9.17, 15) is 4.79 Å². The molecule has 5 aromatic rings. The predicted octanol–water partition coefficient (Wildman–Crippen LogP) is 3.15. The second-order valence-corrected chi connectivity index (χ2v) is 7.72. The molecule has 0 unspecified atom stereocenters. The van der Waals surface area contributed by atoms with Crippen LogP contribution in [0, 0.1) is 11.8 Å². The highest BCUT2D eigenvalue weighted by molar-refractivity contribution is 5.94. The van der Waals surface area contributed by atoms with Gasteiger partial charge < -0.3 is 11.5 Å². The number of aromatic nitrogens is 6. The van der Waals surface area contributed by atoms with E-state index < -0.39 is 5.91 Å². The number of hydrogen-bond acceptors (Lipinski definition) is 7. The quantitative estimate of drug-likeness (QED) is 0.381. The van der Waals surface area contributed by atoms with E-state index in [1.807, 2.05) is 49.6 Å². The topological polar surface area (TPSA) is 138 Å². The number of rotatable bonds is 3. The van der Waals surface area contributed by atoms with Crippen molar-refractivity contribution in [2.75, 3.05) is 5.73 Å². The Hall–Kier alpha value is -5.10. The van der Waals surface area contributed by atoms with Crippen molar-refractivity contribution >= 4 is 22.8 Å². The van der Waals surface area contributed by atoms with Crippen LogP contribution in [0.5, 0.6) is 0 Å². The molecule has 0 aliphatic carbocycles. The van der Waals surface area contributed by atoms with Crippen molar-refractivity contribution in [3.05, 3.63) is 95.8 Å². The van der Waals surface area contributed by atoms with Crippen LogP contribution in [0.2, 0.25) is 0 Å². The summed E-state index contributed by atoms with van der Waals surface area (Å²) in [7, 11) is 1.88. The molecule has 1 amide bonds. The number of benzene rings is 2. The first-order valence-corrected chi connectivity index (χ1v) is 11.2. The Kier molecular flexibility index (Phi) is 7.27. The maximum Gasteiger partial charge on any atom is 0.271 e. The van der Waals surface area contributed by atoms with Crippen LogP contribution in [0.4, 0.5) is 5.82 Å². The summed E-state index contributed by atoms with van der Waals surface area (Å²) in [6.45, 7) is 2.11. The molecule has 9 nitrogen and oxygen atoms in total. The van der Waals surface area contributed by atoms with Crippen LogP contribution in [0.1, 0.15) is 34.2 Å². The highest BCUT2D eigenvalue weighted by atomic mass is 16.1. The van der Waals surface area contributed by atoms with Gasteiger partial charge in [-0.15, -0.1) is 0 Å². The lowest BCUT2D eigenvalue weighted by molar-refractivity contribution is 0.0996. The summed E-state index contributed by atoms with van der Waals surface area (Å²) in [4.78, 5) is 27.5. The van der Waals surface area contributed by atoms with Gasteiger partial charge in [0, 0.05) is 31.2 Å². The van der Waals surface area contributed by atoms with E-state index in [4.69, 9.17) is 21.4 Å². The zero-order valence-electron chi connectivity index (χ0n) is 19.9. The number of para-hydroxylation sites is 1. The van der Waals surface area contributed by atoms with E-state index in [-0.39, 0.29) is 11.5 Å². The Morgan fingerprint density at radius 2 is 1.78 bits per heavy atom.